The van der Waals surface area contributed by atoms with Gasteiger partial charge in [-0.2, -0.15) is 4.98 Å². The van der Waals surface area contributed by atoms with Gasteiger partial charge in [-0.1, -0.05) is 18.0 Å². The van der Waals surface area contributed by atoms with Crippen molar-refractivity contribution in [3.63, 3.8) is 0 Å². The number of pyridine rings is 1. The molecule has 102 valence electrons. The number of nitrogens with two attached hydrogens (primary N) is 1. The fraction of sp³-hybridized carbons (Fsp3) is 0.500. The second kappa shape index (κ2) is 6.99. The first kappa shape index (κ1) is 13.7. The maximum atomic E-state index is 5.46. The SMILES string of the molecule is Cc1cnccc1-c1noc(CCCCCCN)n1. The third-order valence-electron chi connectivity index (χ3n) is 3.07. The standard InChI is InChI=1S/C14H20N4O/c1-11-10-16-9-7-12(11)14-17-13(19-18-14)6-4-2-3-5-8-15/h7,9-10H,2-6,8,15H2,1H3. The van der Waals surface area contributed by atoms with E-state index in [0.717, 1.165) is 43.4 Å². The van der Waals surface area contributed by atoms with Crippen molar-refractivity contribution in [2.75, 3.05) is 6.54 Å². The summed E-state index contributed by atoms with van der Waals surface area (Å²) in [6, 6.07) is 1.91. The van der Waals surface area contributed by atoms with E-state index >= 15 is 0 Å². The molecule has 0 bridgehead atoms. The molecule has 2 aromatic heterocycles. The molecule has 0 radical (unpaired) electrons. The summed E-state index contributed by atoms with van der Waals surface area (Å²) in [4.78, 5) is 8.49. The molecular formula is C14H20N4O. The van der Waals surface area contributed by atoms with E-state index in [2.05, 4.69) is 15.1 Å². The van der Waals surface area contributed by atoms with E-state index in [0.29, 0.717) is 11.7 Å². The molecule has 2 heterocycles. The first-order valence-corrected chi connectivity index (χ1v) is 6.75. The molecule has 0 spiro atoms. The first-order chi connectivity index (χ1) is 9.31. The molecular weight excluding hydrogens is 240 g/mol. The van der Waals surface area contributed by atoms with Crippen molar-refractivity contribution in [1.82, 2.24) is 15.1 Å². The average molecular weight is 260 g/mol. The Morgan fingerprint density at radius 2 is 2.05 bits per heavy atom. The smallest absolute Gasteiger partial charge is 0.226 e. The molecule has 0 aliphatic rings. The van der Waals surface area contributed by atoms with Gasteiger partial charge >= 0.3 is 0 Å². The van der Waals surface area contributed by atoms with E-state index in [1.807, 2.05) is 13.0 Å². The molecule has 0 saturated heterocycles. The number of rotatable bonds is 7. The third kappa shape index (κ3) is 3.86. The second-order valence-corrected chi connectivity index (χ2v) is 4.66. The molecule has 5 nitrogen and oxygen atoms in total. The largest absolute Gasteiger partial charge is 0.339 e. The van der Waals surface area contributed by atoms with Gasteiger partial charge in [0, 0.05) is 24.4 Å². The van der Waals surface area contributed by atoms with Gasteiger partial charge in [0.15, 0.2) is 0 Å². The lowest BCUT2D eigenvalue weighted by Gasteiger charge is -1.97. The first-order valence-electron chi connectivity index (χ1n) is 6.75. The summed E-state index contributed by atoms with van der Waals surface area (Å²) in [7, 11) is 0. The molecule has 0 atom stereocenters. The number of nitrogens with zero attached hydrogens (tertiary/aromatic N) is 3. The Hall–Kier alpha value is -1.75. The van der Waals surface area contributed by atoms with Crippen LogP contribution in [0.4, 0.5) is 0 Å². The minimum Gasteiger partial charge on any atom is -0.339 e. The monoisotopic (exact) mass is 260 g/mol. The lowest BCUT2D eigenvalue weighted by molar-refractivity contribution is 0.374. The summed E-state index contributed by atoms with van der Waals surface area (Å²) in [5.74, 6) is 1.36. The van der Waals surface area contributed by atoms with Crippen LogP contribution in [0.3, 0.4) is 0 Å². The maximum Gasteiger partial charge on any atom is 0.226 e. The zero-order valence-electron chi connectivity index (χ0n) is 11.3. The molecule has 0 aliphatic heterocycles. The Bertz CT molecular complexity index is 510. The van der Waals surface area contributed by atoms with Crippen LogP contribution in [-0.2, 0) is 6.42 Å². The second-order valence-electron chi connectivity index (χ2n) is 4.66. The minimum atomic E-state index is 0.650. The van der Waals surface area contributed by atoms with Crippen molar-refractivity contribution in [3.05, 3.63) is 29.9 Å². The quantitative estimate of drug-likeness (QED) is 0.774. The molecule has 0 fully saturated rings. The van der Waals surface area contributed by atoms with E-state index in [4.69, 9.17) is 10.3 Å². The minimum absolute atomic E-state index is 0.650. The molecule has 2 N–H and O–H groups in total. The van der Waals surface area contributed by atoms with Gasteiger partial charge in [0.05, 0.1) is 0 Å². The highest BCUT2D eigenvalue weighted by Crippen LogP contribution is 2.19. The van der Waals surface area contributed by atoms with Crippen molar-refractivity contribution in [2.45, 2.75) is 39.0 Å². The van der Waals surface area contributed by atoms with Crippen LogP contribution in [-0.4, -0.2) is 21.7 Å². The summed E-state index contributed by atoms with van der Waals surface area (Å²) in [6.45, 7) is 2.76. The highest BCUT2D eigenvalue weighted by atomic mass is 16.5. The van der Waals surface area contributed by atoms with E-state index in [9.17, 15) is 0 Å². The zero-order chi connectivity index (χ0) is 13.5. The molecule has 5 heteroatoms. The zero-order valence-corrected chi connectivity index (χ0v) is 11.3. The van der Waals surface area contributed by atoms with Crippen LogP contribution in [0.1, 0.15) is 37.1 Å². The Kier molecular flexibility index (Phi) is 5.03. The highest BCUT2D eigenvalue weighted by Gasteiger charge is 2.10. The summed E-state index contributed by atoms with van der Waals surface area (Å²) in [5.41, 5.74) is 7.49. The van der Waals surface area contributed by atoms with Gasteiger partial charge in [0.25, 0.3) is 0 Å². The van der Waals surface area contributed by atoms with E-state index in [1.54, 1.807) is 12.4 Å². The molecule has 0 amide bonds. The summed E-state index contributed by atoms with van der Waals surface area (Å²) in [5, 5.41) is 4.03. The summed E-state index contributed by atoms with van der Waals surface area (Å²) < 4.78 is 5.27. The number of aryl methyl sites for hydroxylation is 2. The predicted molar refractivity (Wildman–Crippen MR) is 73.5 cm³/mol. The van der Waals surface area contributed by atoms with Crippen LogP contribution < -0.4 is 5.73 Å². The van der Waals surface area contributed by atoms with E-state index in [-0.39, 0.29) is 0 Å². The molecule has 2 rings (SSSR count). The van der Waals surface area contributed by atoms with Gasteiger partial charge in [-0.25, -0.2) is 0 Å². The van der Waals surface area contributed by atoms with Gasteiger partial charge in [0.1, 0.15) is 0 Å². The van der Waals surface area contributed by atoms with Crippen molar-refractivity contribution in [1.29, 1.82) is 0 Å². The molecule has 0 unspecified atom stereocenters. The van der Waals surface area contributed by atoms with Crippen molar-refractivity contribution >= 4 is 0 Å². The van der Waals surface area contributed by atoms with Gasteiger partial charge in [0.2, 0.25) is 11.7 Å². The summed E-state index contributed by atoms with van der Waals surface area (Å²) >= 11 is 0. The van der Waals surface area contributed by atoms with Crippen LogP contribution in [0, 0.1) is 6.92 Å². The Balaban J connectivity index is 1.91. The van der Waals surface area contributed by atoms with E-state index in [1.165, 1.54) is 6.42 Å². The lowest BCUT2D eigenvalue weighted by atomic mass is 10.1. The Morgan fingerprint density at radius 1 is 1.21 bits per heavy atom. The predicted octanol–water partition coefficient (Wildman–Crippen LogP) is 2.50. The van der Waals surface area contributed by atoms with E-state index < -0.39 is 0 Å². The topological polar surface area (TPSA) is 77.8 Å². The van der Waals surface area contributed by atoms with Crippen molar-refractivity contribution in [2.24, 2.45) is 5.73 Å². The normalized spacial score (nSPS) is 10.8. The van der Waals surface area contributed by atoms with Gasteiger partial charge in [-0.3, -0.25) is 4.98 Å². The molecule has 2 aromatic rings. The fourth-order valence-electron chi connectivity index (χ4n) is 1.96. The van der Waals surface area contributed by atoms with Gasteiger partial charge < -0.3 is 10.3 Å². The number of unbranched alkanes of at least 4 members (excludes halogenated alkanes) is 3. The Labute approximate surface area is 113 Å². The third-order valence-corrected chi connectivity index (χ3v) is 3.07. The van der Waals surface area contributed by atoms with Crippen LogP contribution in [0.15, 0.2) is 23.0 Å². The van der Waals surface area contributed by atoms with Crippen LogP contribution >= 0.6 is 0 Å². The van der Waals surface area contributed by atoms with Crippen LogP contribution in [0.5, 0.6) is 0 Å². The number of hydrogen-bond donors (Lipinski definition) is 1. The number of hydrogen-bond acceptors (Lipinski definition) is 5. The maximum absolute atomic E-state index is 5.46. The highest BCUT2D eigenvalue weighted by molar-refractivity contribution is 5.57. The number of aromatic nitrogens is 3. The van der Waals surface area contributed by atoms with Crippen molar-refractivity contribution in [3.8, 4) is 11.4 Å². The fourth-order valence-corrected chi connectivity index (χ4v) is 1.96. The van der Waals surface area contributed by atoms with Crippen LogP contribution in [0.25, 0.3) is 11.4 Å². The van der Waals surface area contributed by atoms with Gasteiger partial charge in [-0.05, 0) is 37.9 Å². The summed E-state index contributed by atoms with van der Waals surface area (Å²) in [6.07, 6.45) is 8.86. The van der Waals surface area contributed by atoms with Gasteiger partial charge in [-0.15, -0.1) is 0 Å². The lowest BCUT2D eigenvalue weighted by Crippen LogP contribution is -1.97. The molecule has 0 aliphatic carbocycles. The Morgan fingerprint density at radius 3 is 2.84 bits per heavy atom. The average Bonchev–Trinajstić information content (AvgIpc) is 2.88. The van der Waals surface area contributed by atoms with Crippen molar-refractivity contribution < 1.29 is 4.52 Å². The molecule has 19 heavy (non-hydrogen) atoms. The van der Waals surface area contributed by atoms with Crippen LogP contribution in [0.2, 0.25) is 0 Å². The molecule has 0 saturated carbocycles. The molecule has 0 aromatic carbocycles.